The summed E-state index contributed by atoms with van der Waals surface area (Å²) in [4.78, 5) is 25.6. The van der Waals surface area contributed by atoms with Gasteiger partial charge in [0.25, 0.3) is 11.8 Å². The van der Waals surface area contributed by atoms with Crippen molar-refractivity contribution in [3.05, 3.63) is 95.6 Å². The summed E-state index contributed by atoms with van der Waals surface area (Å²) < 4.78 is 5.90. The molecule has 1 saturated carbocycles. The average Bonchev–Trinajstić information content (AvgIpc) is 2.90. The first-order chi connectivity index (χ1) is 17.6. The first kappa shape index (κ1) is 25.4. The molecule has 4 rings (SSSR count). The summed E-state index contributed by atoms with van der Waals surface area (Å²) in [6.45, 7) is 0.451. The van der Waals surface area contributed by atoms with E-state index in [0.717, 1.165) is 32.1 Å². The van der Waals surface area contributed by atoms with Crippen molar-refractivity contribution in [1.82, 2.24) is 10.6 Å². The molecule has 1 aliphatic rings. The molecule has 2 amide bonds. The molecular weight excluding hydrogens is 470 g/mol. The van der Waals surface area contributed by atoms with Crippen LogP contribution in [0.4, 0.5) is 5.69 Å². The molecule has 3 N–H and O–H groups in total. The molecule has 7 heteroatoms. The molecule has 0 saturated heterocycles. The summed E-state index contributed by atoms with van der Waals surface area (Å²) in [5.74, 6) is 0.0335. The van der Waals surface area contributed by atoms with Crippen LogP contribution in [0.15, 0.2) is 78.9 Å². The summed E-state index contributed by atoms with van der Waals surface area (Å²) in [7, 11) is 0. The molecule has 0 unspecified atom stereocenters. The molecule has 0 spiro atoms. The number of benzene rings is 3. The minimum Gasteiger partial charge on any atom is -0.492 e. The van der Waals surface area contributed by atoms with Crippen LogP contribution < -0.4 is 20.7 Å². The number of rotatable bonds is 8. The van der Waals surface area contributed by atoms with Gasteiger partial charge in [-0.25, -0.2) is 0 Å². The predicted octanol–water partition coefficient (Wildman–Crippen LogP) is 5.50. The van der Waals surface area contributed by atoms with Crippen molar-refractivity contribution in [1.29, 1.82) is 0 Å². The quantitative estimate of drug-likeness (QED) is 0.355. The summed E-state index contributed by atoms with van der Waals surface area (Å²) in [5.41, 5.74) is 2.75. The van der Waals surface area contributed by atoms with Gasteiger partial charge in [-0.3, -0.25) is 14.9 Å². The van der Waals surface area contributed by atoms with Gasteiger partial charge in [0.1, 0.15) is 5.75 Å². The highest BCUT2D eigenvalue weighted by molar-refractivity contribution is 7.80. The van der Waals surface area contributed by atoms with Crippen molar-refractivity contribution in [3.63, 3.8) is 0 Å². The Bertz CT molecular complexity index is 1190. The Hall–Kier alpha value is -3.71. The molecule has 0 radical (unpaired) electrons. The van der Waals surface area contributed by atoms with E-state index in [1.54, 1.807) is 42.5 Å². The van der Waals surface area contributed by atoms with Crippen LogP contribution in [0.25, 0.3) is 0 Å². The lowest BCUT2D eigenvalue weighted by molar-refractivity contribution is 0.0926. The van der Waals surface area contributed by atoms with Crippen molar-refractivity contribution in [2.45, 2.75) is 44.6 Å². The van der Waals surface area contributed by atoms with Crippen LogP contribution >= 0.6 is 12.2 Å². The number of amides is 2. The number of carbonyl (C=O) groups is 2. The third-order valence-corrected chi connectivity index (χ3v) is 6.38. The molecule has 186 valence electrons. The number of hydrogen-bond donors (Lipinski definition) is 3. The molecule has 0 bridgehead atoms. The molecule has 0 heterocycles. The van der Waals surface area contributed by atoms with Gasteiger partial charge in [-0.2, -0.15) is 0 Å². The van der Waals surface area contributed by atoms with Crippen LogP contribution in [0, 0.1) is 0 Å². The van der Waals surface area contributed by atoms with E-state index in [1.807, 2.05) is 36.4 Å². The second kappa shape index (κ2) is 12.8. The van der Waals surface area contributed by atoms with Crippen molar-refractivity contribution in [2.75, 3.05) is 11.9 Å². The Morgan fingerprint density at radius 3 is 2.42 bits per heavy atom. The van der Waals surface area contributed by atoms with Crippen molar-refractivity contribution in [2.24, 2.45) is 0 Å². The van der Waals surface area contributed by atoms with Crippen molar-refractivity contribution in [3.8, 4) is 5.75 Å². The number of nitrogens with one attached hydrogen (secondary N) is 3. The van der Waals surface area contributed by atoms with Gasteiger partial charge in [-0.1, -0.05) is 67.8 Å². The molecule has 0 aliphatic heterocycles. The van der Waals surface area contributed by atoms with E-state index in [2.05, 4.69) is 16.0 Å². The SMILES string of the molecule is O=C(NC1CCCCC1)c1cccc(NC(=S)NC(=O)c2ccccc2OCCc2ccccc2)c1. The summed E-state index contributed by atoms with van der Waals surface area (Å²) >= 11 is 5.36. The lowest BCUT2D eigenvalue weighted by Gasteiger charge is -2.22. The smallest absolute Gasteiger partial charge is 0.261 e. The average molecular weight is 502 g/mol. The number of anilines is 1. The van der Waals surface area contributed by atoms with Gasteiger partial charge in [0.05, 0.1) is 12.2 Å². The molecule has 6 nitrogen and oxygen atoms in total. The zero-order valence-electron chi connectivity index (χ0n) is 20.2. The van der Waals surface area contributed by atoms with E-state index in [9.17, 15) is 9.59 Å². The van der Waals surface area contributed by atoms with Crippen LogP contribution in [-0.4, -0.2) is 29.6 Å². The maximum atomic E-state index is 12.9. The fraction of sp³-hybridized carbons (Fsp3) is 0.276. The third-order valence-electron chi connectivity index (χ3n) is 6.17. The Balaban J connectivity index is 1.31. The fourth-order valence-electron chi connectivity index (χ4n) is 4.29. The maximum Gasteiger partial charge on any atom is 0.261 e. The Morgan fingerprint density at radius 1 is 0.861 bits per heavy atom. The molecular formula is C29H31N3O3S. The second-order valence-corrected chi connectivity index (χ2v) is 9.29. The van der Waals surface area contributed by atoms with Gasteiger partial charge in [-0.15, -0.1) is 0 Å². The Morgan fingerprint density at radius 2 is 1.61 bits per heavy atom. The van der Waals surface area contributed by atoms with Gasteiger partial charge < -0.3 is 15.4 Å². The minimum absolute atomic E-state index is 0.0953. The maximum absolute atomic E-state index is 12.9. The van der Waals surface area contributed by atoms with Crippen LogP contribution in [0.1, 0.15) is 58.4 Å². The predicted molar refractivity (Wildman–Crippen MR) is 147 cm³/mol. The molecule has 3 aromatic rings. The van der Waals surface area contributed by atoms with Gasteiger partial charge in [0, 0.05) is 23.7 Å². The first-order valence-corrected chi connectivity index (χ1v) is 12.8. The van der Waals surface area contributed by atoms with Crippen LogP contribution in [0.2, 0.25) is 0 Å². The number of carbonyl (C=O) groups excluding carboxylic acids is 2. The number of ether oxygens (including phenoxy) is 1. The lowest BCUT2D eigenvalue weighted by atomic mass is 9.95. The van der Waals surface area contributed by atoms with E-state index >= 15 is 0 Å². The molecule has 1 fully saturated rings. The monoisotopic (exact) mass is 501 g/mol. The standard InChI is InChI=1S/C29H31N3O3S/c33-27(30-23-13-5-2-6-14-23)22-12-9-15-24(20-22)31-29(36)32-28(34)25-16-7-8-17-26(25)35-19-18-21-10-3-1-4-11-21/h1,3-4,7-12,15-17,20,23H,2,5-6,13-14,18-19H2,(H,30,33)(H2,31,32,34,36). The Labute approximate surface area is 217 Å². The largest absolute Gasteiger partial charge is 0.492 e. The zero-order chi connectivity index (χ0) is 25.2. The second-order valence-electron chi connectivity index (χ2n) is 8.88. The van der Waals surface area contributed by atoms with E-state index < -0.39 is 0 Å². The molecule has 3 aromatic carbocycles. The van der Waals surface area contributed by atoms with E-state index in [1.165, 1.54) is 12.0 Å². The van der Waals surface area contributed by atoms with Crippen LogP contribution in [0.5, 0.6) is 5.75 Å². The van der Waals surface area contributed by atoms with Crippen molar-refractivity contribution >= 4 is 34.8 Å². The summed E-state index contributed by atoms with van der Waals surface area (Å²) in [6.07, 6.45) is 6.33. The number of thiocarbonyl (C=S) groups is 1. The van der Waals surface area contributed by atoms with Crippen molar-refractivity contribution < 1.29 is 14.3 Å². The Kier molecular flexibility index (Phi) is 9.05. The minimum atomic E-state index is -0.367. The van der Waals surface area contributed by atoms with E-state index in [4.69, 9.17) is 17.0 Å². The first-order valence-electron chi connectivity index (χ1n) is 12.4. The number of para-hydroxylation sites is 1. The highest BCUT2D eigenvalue weighted by atomic mass is 32.1. The highest BCUT2D eigenvalue weighted by Crippen LogP contribution is 2.20. The summed E-state index contributed by atoms with van der Waals surface area (Å²) in [5, 5.41) is 8.97. The number of hydrogen-bond acceptors (Lipinski definition) is 4. The highest BCUT2D eigenvalue weighted by Gasteiger charge is 2.17. The molecule has 36 heavy (non-hydrogen) atoms. The van der Waals surface area contributed by atoms with Crippen LogP contribution in [0.3, 0.4) is 0 Å². The lowest BCUT2D eigenvalue weighted by Crippen LogP contribution is -2.36. The van der Waals surface area contributed by atoms with Gasteiger partial charge >= 0.3 is 0 Å². The van der Waals surface area contributed by atoms with E-state index in [0.29, 0.717) is 29.2 Å². The fourth-order valence-corrected chi connectivity index (χ4v) is 4.50. The topological polar surface area (TPSA) is 79.5 Å². The third kappa shape index (κ3) is 7.39. The van der Waals surface area contributed by atoms with Gasteiger partial charge in [0.15, 0.2) is 5.11 Å². The van der Waals surface area contributed by atoms with Gasteiger partial charge in [-0.05, 0) is 61.0 Å². The van der Waals surface area contributed by atoms with Gasteiger partial charge in [0.2, 0.25) is 0 Å². The normalized spacial score (nSPS) is 13.4. The molecule has 1 aliphatic carbocycles. The van der Waals surface area contributed by atoms with E-state index in [-0.39, 0.29) is 23.0 Å². The molecule has 0 aromatic heterocycles. The zero-order valence-corrected chi connectivity index (χ0v) is 21.0. The molecule has 0 atom stereocenters. The van der Waals surface area contributed by atoms with Crippen LogP contribution in [-0.2, 0) is 6.42 Å². The summed E-state index contributed by atoms with van der Waals surface area (Å²) in [6, 6.07) is 24.5.